The smallest absolute Gasteiger partial charge is 0.229 e. The van der Waals surface area contributed by atoms with Gasteiger partial charge in [-0.15, -0.1) is 0 Å². The van der Waals surface area contributed by atoms with Crippen LogP contribution in [0.2, 0.25) is 0 Å². The molecular weight excluding hydrogens is 310 g/mol. The number of nitrogens with zero attached hydrogens (tertiary/aromatic N) is 4. The largest absolute Gasteiger partial charge is 0.354 e. The minimum atomic E-state index is 0.540. The molecule has 0 unspecified atom stereocenters. The number of aromatic nitrogens is 2. The molecule has 0 radical (unpaired) electrons. The van der Waals surface area contributed by atoms with Gasteiger partial charge in [0.25, 0.3) is 0 Å². The molecule has 1 saturated heterocycles. The number of nitrogens with one attached hydrogen (secondary N) is 1. The first kappa shape index (κ1) is 17.7. The maximum Gasteiger partial charge on any atom is 0.229 e. The Balaban J connectivity index is 1.73. The lowest BCUT2D eigenvalue weighted by Crippen LogP contribution is -2.46. The molecular formula is C20H29N5. The van der Waals surface area contributed by atoms with Gasteiger partial charge in [-0.25, -0.2) is 4.98 Å². The highest BCUT2D eigenvalue weighted by Gasteiger charge is 2.17. The monoisotopic (exact) mass is 339 g/mol. The average Bonchev–Trinajstić information content (AvgIpc) is 2.62. The summed E-state index contributed by atoms with van der Waals surface area (Å²) in [4.78, 5) is 14.1. The zero-order valence-corrected chi connectivity index (χ0v) is 15.8. The molecule has 0 amide bonds. The molecule has 0 saturated carbocycles. The summed E-state index contributed by atoms with van der Waals surface area (Å²) in [5, 5.41) is 3.35. The summed E-state index contributed by atoms with van der Waals surface area (Å²) in [5.74, 6) is 2.23. The second-order valence-corrected chi connectivity index (χ2v) is 7.01. The van der Waals surface area contributed by atoms with Crippen LogP contribution < -0.4 is 10.2 Å². The van der Waals surface area contributed by atoms with Crippen molar-refractivity contribution in [1.29, 1.82) is 0 Å². The van der Waals surface area contributed by atoms with Gasteiger partial charge in [0, 0.05) is 43.6 Å². The van der Waals surface area contributed by atoms with E-state index < -0.39 is 0 Å². The Morgan fingerprint density at radius 2 is 1.72 bits per heavy atom. The molecule has 5 heteroatoms. The maximum absolute atomic E-state index is 4.75. The summed E-state index contributed by atoms with van der Waals surface area (Å²) < 4.78 is 0. The van der Waals surface area contributed by atoms with Crippen LogP contribution in [-0.2, 0) is 0 Å². The third-order valence-electron chi connectivity index (χ3n) is 4.82. The zero-order chi connectivity index (χ0) is 17.8. The van der Waals surface area contributed by atoms with Crippen molar-refractivity contribution in [1.82, 2.24) is 14.9 Å². The number of rotatable bonds is 5. The van der Waals surface area contributed by atoms with Crippen molar-refractivity contribution >= 4 is 17.5 Å². The molecule has 0 spiro atoms. The van der Waals surface area contributed by atoms with Gasteiger partial charge in [0.2, 0.25) is 5.95 Å². The van der Waals surface area contributed by atoms with Crippen molar-refractivity contribution in [2.24, 2.45) is 0 Å². The van der Waals surface area contributed by atoms with E-state index in [9.17, 15) is 0 Å². The minimum Gasteiger partial charge on any atom is -0.354 e. The van der Waals surface area contributed by atoms with Gasteiger partial charge in [0.1, 0.15) is 5.82 Å². The fourth-order valence-electron chi connectivity index (χ4n) is 3.14. The van der Waals surface area contributed by atoms with Crippen molar-refractivity contribution in [3.8, 4) is 0 Å². The van der Waals surface area contributed by atoms with E-state index in [0.717, 1.165) is 49.9 Å². The van der Waals surface area contributed by atoms with E-state index in [4.69, 9.17) is 4.98 Å². The number of aryl methyl sites for hydroxylation is 1. The molecule has 0 bridgehead atoms. The van der Waals surface area contributed by atoms with E-state index >= 15 is 0 Å². The molecule has 134 valence electrons. The van der Waals surface area contributed by atoms with E-state index in [2.05, 4.69) is 71.2 Å². The van der Waals surface area contributed by atoms with Crippen molar-refractivity contribution in [3.63, 3.8) is 0 Å². The third-order valence-corrected chi connectivity index (χ3v) is 4.82. The molecule has 1 aromatic heterocycles. The first-order valence-electron chi connectivity index (χ1n) is 9.25. The molecule has 1 aliphatic rings. The topological polar surface area (TPSA) is 44.3 Å². The Labute approximate surface area is 151 Å². The van der Waals surface area contributed by atoms with E-state index in [-0.39, 0.29) is 0 Å². The quantitative estimate of drug-likeness (QED) is 0.898. The lowest BCUT2D eigenvalue weighted by Gasteiger charge is -2.34. The Bertz CT molecular complexity index is 688. The maximum atomic E-state index is 4.75. The van der Waals surface area contributed by atoms with Gasteiger partial charge in [-0.2, -0.15) is 4.98 Å². The van der Waals surface area contributed by atoms with Crippen LogP contribution in [-0.4, -0.2) is 47.6 Å². The Morgan fingerprint density at radius 3 is 2.32 bits per heavy atom. The number of hydrogen-bond acceptors (Lipinski definition) is 5. The zero-order valence-electron chi connectivity index (χ0n) is 15.8. The fraction of sp³-hybridized carbons (Fsp3) is 0.500. The van der Waals surface area contributed by atoms with E-state index in [1.807, 2.05) is 6.92 Å². The highest BCUT2D eigenvalue weighted by molar-refractivity contribution is 5.56. The molecule has 0 aliphatic carbocycles. The molecule has 0 atom stereocenters. The number of benzene rings is 1. The lowest BCUT2D eigenvalue weighted by atomic mass is 10.0. The molecule has 5 nitrogen and oxygen atoms in total. The van der Waals surface area contributed by atoms with Crippen molar-refractivity contribution in [2.45, 2.75) is 33.6 Å². The third kappa shape index (κ3) is 4.48. The summed E-state index contributed by atoms with van der Waals surface area (Å²) in [6.07, 6.45) is 0. The Morgan fingerprint density at radius 1 is 1.04 bits per heavy atom. The summed E-state index contributed by atoms with van der Waals surface area (Å²) >= 11 is 0. The van der Waals surface area contributed by atoms with Crippen LogP contribution in [0.15, 0.2) is 30.3 Å². The highest BCUT2D eigenvalue weighted by atomic mass is 15.3. The van der Waals surface area contributed by atoms with Crippen molar-refractivity contribution < 1.29 is 0 Å². The number of anilines is 3. The van der Waals surface area contributed by atoms with Crippen LogP contribution in [0.1, 0.15) is 37.9 Å². The van der Waals surface area contributed by atoms with Gasteiger partial charge in [0.15, 0.2) is 0 Å². The van der Waals surface area contributed by atoms with E-state index in [1.54, 1.807) is 0 Å². The average molecular weight is 339 g/mol. The van der Waals surface area contributed by atoms with Crippen LogP contribution in [0.4, 0.5) is 17.5 Å². The first-order chi connectivity index (χ1) is 12.0. The fourth-order valence-corrected chi connectivity index (χ4v) is 3.14. The van der Waals surface area contributed by atoms with Gasteiger partial charge >= 0.3 is 0 Å². The SMILES string of the molecule is CCN1CCN(c2cc(C)nc(Nc3ccc(C(C)C)cc3)n2)CC1. The standard InChI is InChI=1S/C20H29N5/c1-5-24-10-12-25(13-11-24)19-14-16(4)21-20(23-19)22-18-8-6-17(7-9-18)15(2)3/h6-9,14-15H,5,10-13H2,1-4H3,(H,21,22,23). The van der Waals surface area contributed by atoms with Gasteiger partial charge in [-0.05, 0) is 37.1 Å². The van der Waals surface area contributed by atoms with Gasteiger partial charge in [-0.1, -0.05) is 32.9 Å². The van der Waals surface area contributed by atoms with E-state index in [0.29, 0.717) is 11.9 Å². The molecule has 1 N–H and O–H groups in total. The summed E-state index contributed by atoms with van der Waals surface area (Å²) in [6.45, 7) is 14.0. The summed E-state index contributed by atoms with van der Waals surface area (Å²) in [5.41, 5.74) is 3.35. The van der Waals surface area contributed by atoms with Crippen LogP contribution in [0.5, 0.6) is 0 Å². The predicted octanol–water partition coefficient (Wildman–Crippen LogP) is 3.79. The molecule has 3 rings (SSSR count). The normalized spacial score (nSPS) is 15.6. The van der Waals surface area contributed by atoms with Crippen LogP contribution >= 0.6 is 0 Å². The van der Waals surface area contributed by atoms with Crippen LogP contribution in [0, 0.1) is 6.92 Å². The number of piperazine rings is 1. The second kappa shape index (κ2) is 7.83. The first-order valence-corrected chi connectivity index (χ1v) is 9.25. The second-order valence-electron chi connectivity index (χ2n) is 7.01. The Kier molecular flexibility index (Phi) is 5.53. The van der Waals surface area contributed by atoms with Crippen molar-refractivity contribution in [2.75, 3.05) is 42.9 Å². The van der Waals surface area contributed by atoms with Gasteiger partial charge < -0.3 is 15.1 Å². The lowest BCUT2D eigenvalue weighted by molar-refractivity contribution is 0.270. The van der Waals surface area contributed by atoms with E-state index in [1.165, 1.54) is 5.56 Å². The van der Waals surface area contributed by atoms with Gasteiger partial charge in [0.05, 0.1) is 0 Å². The van der Waals surface area contributed by atoms with Crippen LogP contribution in [0.3, 0.4) is 0 Å². The summed E-state index contributed by atoms with van der Waals surface area (Å²) in [7, 11) is 0. The highest BCUT2D eigenvalue weighted by Crippen LogP contribution is 2.21. The molecule has 1 aromatic carbocycles. The van der Waals surface area contributed by atoms with Crippen molar-refractivity contribution in [3.05, 3.63) is 41.6 Å². The molecule has 2 aromatic rings. The molecule has 1 fully saturated rings. The van der Waals surface area contributed by atoms with Crippen LogP contribution in [0.25, 0.3) is 0 Å². The molecule has 1 aliphatic heterocycles. The Hall–Kier alpha value is -2.14. The molecule has 25 heavy (non-hydrogen) atoms. The summed E-state index contributed by atoms with van der Waals surface area (Å²) in [6, 6.07) is 10.6. The number of likely N-dealkylation sites (N-methyl/N-ethyl adjacent to an activating group) is 1. The van der Waals surface area contributed by atoms with Gasteiger partial charge in [-0.3, -0.25) is 0 Å². The molecule has 2 heterocycles. The predicted molar refractivity (Wildman–Crippen MR) is 105 cm³/mol. The number of hydrogen-bond donors (Lipinski definition) is 1. The minimum absolute atomic E-state index is 0.540.